The Kier molecular flexibility index (Phi) is 5.51. The van der Waals surface area contributed by atoms with E-state index in [4.69, 9.17) is 9.15 Å². The van der Waals surface area contributed by atoms with Gasteiger partial charge in [0.2, 0.25) is 5.91 Å². The average Bonchev–Trinajstić information content (AvgIpc) is 2.95. The number of hydrogen-bond donors (Lipinski definition) is 1. The molecule has 0 radical (unpaired) electrons. The van der Waals surface area contributed by atoms with Crippen molar-refractivity contribution in [2.45, 2.75) is 12.8 Å². The summed E-state index contributed by atoms with van der Waals surface area (Å²) in [5.41, 5.74) is 0.812. The van der Waals surface area contributed by atoms with Crippen LogP contribution in [0.3, 0.4) is 0 Å². The van der Waals surface area contributed by atoms with Gasteiger partial charge in [0.15, 0.2) is 0 Å². The van der Waals surface area contributed by atoms with Crippen LogP contribution in [0.2, 0.25) is 0 Å². The van der Waals surface area contributed by atoms with Crippen LogP contribution >= 0.6 is 0 Å². The van der Waals surface area contributed by atoms with Gasteiger partial charge in [-0.05, 0) is 36.4 Å². The first-order chi connectivity index (χ1) is 10.2. The van der Waals surface area contributed by atoms with E-state index in [1.165, 1.54) is 12.1 Å². The van der Waals surface area contributed by atoms with Crippen molar-refractivity contribution in [3.05, 3.63) is 48.0 Å². The van der Waals surface area contributed by atoms with Crippen LogP contribution in [0.4, 0.5) is 4.39 Å². The highest BCUT2D eigenvalue weighted by molar-refractivity contribution is 5.76. The fourth-order valence-corrected chi connectivity index (χ4v) is 1.90. The van der Waals surface area contributed by atoms with E-state index in [0.717, 1.165) is 11.3 Å². The van der Waals surface area contributed by atoms with Crippen molar-refractivity contribution in [3.63, 3.8) is 0 Å². The first-order valence-electron chi connectivity index (χ1n) is 6.79. The maximum Gasteiger partial charge on any atom is 0.220 e. The third-order valence-electron chi connectivity index (χ3n) is 3.02. The first-order valence-corrected chi connectivity index (χ1v) is 6.79. The number of methoxy groups -OCH3 is 1. The molecule has 1 N–H and O–H groups in total. The van der Waals surface area contributed by atoms with Crippen LogP contribution in [-0.2, 0) is 16.0 Å². The highest BCUT2D eigenvalue weighted by Gasteiger charge is 2.07. The van der Waals surface area contributed by atoms with Gasteiger partial charge in [-0.15, -0.1) is 0 Å². The SMILES string of the molecule is COCCNC(=O)CCc1ccc(-c2ccc(F)cc2)o1. The van der Waals surface area contributed by atoms with Gasteiger partial charge in [-0.3, -0.25) is 4.79 Å². The van der Waals surface area contributed by atoms with Gasteiger partial charge in [0, 0.05) is 32.1 Å². The number of amides is 1. The van der Waals surface area contributed by atoms with Crippen LogP contribution in [0, 0.1) is 5.82 Å². The predicted molar refractivity (Wildman–Crippen MR) is 77.3 cm³/mol. The number of benzene rings is 1. The van der Waals surface area contributed by atoms with Crippen LogP contribution < -0.4 is 5.32 Å². The van der Waals surface area contributed by atoms with Gasteiger partial charge < -0.3 is 14.5 Å². The maximum atomic E-state index is 12.9. The second-order valence-electron chi connectivity index (χ2n) is 4.62. The Hall–Kier alpha value is -2.14. The van der Waals surface area contributed by atoms with E-state index >= 15 is 0 Å². The summed E-state index contributed by atoms with van der Waals surface area (Å²) < 4.78 is 23.4. The van der Waals surface area contributed by atoms with Gasteiger partial charge in [-0.2, -0.15) is 0 Å². The molecule has 2 aromatic rings. The number of ether oxygens (including phenoxy) is 1. The van der Waals surface area contributed by atoms with Crippen molar-refractivity contribution in [2.24, 2.45) is 0 Å². The largest absolute Gasteiger partial charge is 0.461 e. The van der Waals surface area contributed by atoms with Crippen molar-refractivity contribution in [1.29, 1.82) is 0 Å². The standard InChI is InChI=1S/C16H18FNO3/c1-20-11-10-18-16(19)9-7-14-6-8-15(21-14)12-2-4-13(17)5-3-12/h2-6,8H,7,9-11H2,1H3,(H,18,19). The molecule has 1 aromatic heterocycles. The van der Waals surface area contributed by atoms with Gasteiger partial charge >= 0.3 is 0 Å². The normalized spacial score (nSPS) is 10.6. The lowest BCUT2D eigenvalue weighted by Crippen LogP contribution is -2.26. The lowest BCUT2D eigenvalue weighted by Gasteiger charge is -2.03. The number of nitrogens with one attached hydrogen (secondary N) is 1. The topological polar surface area (TPSA) is 51.5 Å². The number of aryl methyl sites for hydroxylation is 1. The summed E-state index contributed by atoms with van der Waals surface area (Å²) in [6.45, 7) is 1.01. The number of carbonyl (C=O) groups excluding carboxylic acids is 1. The van der Waals surface area contributed by atoms with Crippen LogP contribution in [0.5, 0.6) is 0 Å². The van der Waals surface area contributed by atoms with Crippen molar-refractivity contribution < 1.29 is 18.3 Å². The van der Waals surface area contributed by atoms with Crippen molar-refractivity contribution in [2.75, 3.05) is 20.3 Å². The van der Waals surface area contributed by atoms with E-state index < -0.39 is 0 Å². The summed E-state index contributed by atoms with van der Waals surface area (Å²) >= 11 is 0. The molecule has 0 aliphatic heterocycles. The molecule has 5 heteroatoms. The Labute approximate surface area is 122 Å². The van der Waals surface area contributed by atoms with Crippen molar-refractivity contribution >= 4 is 5.91 Å². The van der Waals surface area contributed by atoms with E-state index in [0.29, 0.717) is 31.8 Å². The quantitative estimate of drug-likeness (QED) is 0.798. The summed E-state index contributed by atoms with van der Waals surface area (Å²) in [6, 6.07) is 9.76. The highest BCUT2D eigenvalue weighted by Crippen LogP contribution is 2.22. The van der Waals surface area contributed by atoms with Crippen molar-refractivity contribution in [1.82, 2.24) is 5.32 Å². The first kappa shape index (κ1) is 15.3. The van der Waals surface area contributed by atoms with Crippen LogP contribution in [0.1, 0.15) is 12.2 Å². The molecule has 112 valence electrons. The van der Waals surface area contributed by atoms with E-state index in [1.54, 1.807) is 19.2 Å². The van der Waals surface area contributed by atoms with Gasteiger partial charge in [-0.25, -0.2) is 4.39 Å². The summed E-state index contributed by atoms with van der Waals surface area (Å²) in [4.78, 5) is 11.6. The predicted octanol–water partition coefficient (Wildman–Crippen LogP) is 2.78. The fraction of sp³-hybridized carbons (Fsp3) is 0.312. The van der Waals surface area contributed by atoms with Gasteiger partial charge in [-0.1, -0.05) is 0 Å². The summed E-state index contributed by atoms with van der Waals surface area (Å²) in [7, 11) is 1.59. The molecular formula is C16H18FNO3. The monoisotopic (exact) mass is 291 g/mol. The third-order valence-corrected chi connectivity index (χ3v) is 3.02. The van der Waals surface area contributed by atoms with Crippen LogP contribution in [0.25, 0.3) is 11.3 Å². The number of halogens is 1. The zero-order valence-corrected chi connectivity index (χ0v) is 11.9. The van der Waals surface area contributed by atoms with Crippen molar-refractivity contribution in [3.8, 4) is 11.3 Å². The molecule has 0 spiro atoms. The lowest BCUT2D eigenvalue weighted by atomic mass is 10.2. The Morgan fingerprint density at radius 1 is 1.24 bits per heavy atom. The van der Waals surface area contributed by atoms with Gasteiger partial charge in [0.25, 0.3) is 0 Å². The molecule has 0 atom stereocenters. The Bertz CT molecular complexity index is 577. The Morgan fingerprint density at radius 2 is 2.00 bits per heavy atom. The van der Waals surface area contributed by atoms with Crippen LogP contribution in [0.15, 0.2) is 40.8 Å². The zero-order chi connectivity index (χ0) is 15.1. The average molecular weight is 291 g/mol. The second-order valence-corrected chi connectivity index (χ2v) is 4.62. The molecule has 1 aromatic carbocycles. The van der Waals surface area contributed by atoms with Crippen LogP contribution in [-0.4, -0.2) is 26.2 Å². The summed E-state index contributed by atoms with van der Waals surface area (Å²) in [6.07, 6.45) is 0.889. The second kappa shape index (κ2) is 7.59. The molecule has 0 aliphatic carbocycles. The molecule has 2 rings (SSSR count). The molecule has 0 bridgehead atoms. The number of furan rings is 1. The highest BCUT2D eigenvalue weighted by atomic mass is 19.1. The minimum absolute atomic E-state index is 0.0354. The number of rotatable bonds is 7. The van der Waals surface area contributed by atoms with E-state index in [9.17, 15) is 9.18 Å². The smallest absolute Gasteiger partial charge is 0.220 e. The molecule has 0 aliphatic rings. The number of hydrogen-bond acceptors (Lipinski definition) is 3. The molecule has 4 nitrogen and oxygen atoms in total. The molecule has 0 unspecified atom stereocenters. The molecular weight excluding hydrogens is 273 g/mol. The minimum Gasteiger partial charge on any atom is -0.461 e. The zero-order valence-electron chi connectivity index (χ0n) is 11.9. The Balaban J connectivity index is 1.86. The lowest BCUT2D eigenvalue weighted by molar-refractivity contribution is -0.121. The third kappa shape index (κ3) is 4.72. The fourth-order valence-electron chi connectivity index (χ4n) is 1.90. The van der Waals surface area contributed by atoms with Gasteiger partial charge in [0.1, 0.15) is 17.3 Å². The minimum atomic E-state index is -0.279. The van der Waals surface area contributed by atoms with Gasteiger partial charge in [0.05, 0.1) is 6.61 Å². The molecule has 1 heterocycles. The molecule has 0 fully saturated rings. The Morgan fingerprint density at radius 3 is 2.71 bits per heavy atom. The van der Waals surface area contributed by atoms with E-state index in [1.807, 2.05) is 12.1 Å². The van der Waals surface area contributed by atoms with E-state index in [-0.39, 0.29) is 11.7 Å². The maximum absolute atomic E-state index is 12.9. The molecule has 1 amide bonds. The summed E-state index contributed by atoms with van der Waals surface area (Å²) in [5.74, 6) is 1.09. The number of carbonyl (C=O) groups is 1. The molecule has 21 heavy (non-hydrogen) atoms. The molecule has 0 saturated carbocycles. The van der Waals surface area contributed by atoms with E-state index in [2.05, 4.69) is 5.32 Å². The summed E-state index contributed by atoms with van der Waals surface area (Å²) in [5, 5.41) is 2.75. The molecule has 0 saturated heterocycles.